The van der Waals surface area contributed by atoms with Crippen LogP contribution in [0.25, 0.3) is 0 Å². The van der Waals surface area contributed by atoms with Gasteiger partial charge in [0.1, 0.15) is 0 Å². The fraction of sp³-hybridized carbons (Fsp3) is 0.956. The van der Waals surface area contributed by atoms with E-state index in [0.29, 0.717) is 16.9 Å². The first-order chi connectivity index (χ1) is 23.2. The highest BCUT2D eigenvalue weighted by molar-refractivity contribution is 5.25. The van der Waals surface area contributed by atoms with Gasteiger partial charge in [0, 0.05) is 13.1 Å². The number of fused-ring (bicyclic) bond motifs is 5. The molecule has 4 aliphatic carbocycles. The summed E-state index contributed by atoms with van der Waals surface area (Å²) in [7, 11) is 0. The summed E-state index contributed by atoms with van der Waals surface area (Å²) in [6.07, 6.45) is 37.5. The van der Waals surface area contributed by atoms with Gasteiger partial charge in [-0.25, -0.2) is 5.43 Å². The van der Waals surface area contributed by atoms with Crippen LogP contribution < -0.4 is 5.43 Å². The molecule has 0 saturated heterocycles. The Bertz CT molecular complexity index is 915. The Hall–Kier alpha value is -0.380. The third kappa shape index (κ3) is 11.1. The van der Waals surface area contributed by atoms with Gasteiger partial charge in [0.2, 0.25) is 0 Å². The van der Waals surface area contributed by atoms with Crippen LogP contribution in [0.5, 0.6) is 0 Å². The minimum absolute atomic E-state index is 0.337. The van der Waals surface area contributed by atoms with Crippen LogP contribution in [0.2, 0.25) is 0 Å². The third-order valence-electron chi connectivity index (χ3n) is 14.6. The second kappa shape index (κ2) is 20.6. The van der Waals surface area contributed by atoms with Gasteiger partial charge in [0.05, 0.1) is 6.10 Å². The van der Waals surface area contributed by atoms with Gasteiger partial charge in [-0.1, -0.05) is 156 Å². The van der Waals surface area contributed by atoms with Gasteiger partial charge in [-0.15, -0.1) is 5.17 Å². The minimum Gasteiger partial charge on any atom is -0.281 e. The molecule has 0 unspecified atom stereocenters. The van der Waals surface area contributed by atoms with Gasteiger partial charge >= 0.3 is 0 Å². The summed E-state index contributed by atoms with van der Waals surface area (Å²) in [6, 6.07) is 0. The number of allylic oxidation sites excluding steroid dienone is 1. The van der Waals surface area contributed by atoms with Crippen molar-refractivity contribution in [3.63, 3.8) is 0 Å². The zero-order valence-corrected chi connectivity index (χ0v) is 33.6. The molecular weight excluding hydrogens is 585 g/mol. The molecule has 1 N–H and O–H groups in total. The molecule has 0 heterocycles. The highest BCUT2D eigenvalue weighted by atomic mass is 16.7. The van der Waals surface area contributed by atoms with Gasteiger partial charge < -0.3 is 0 Å². The van der Waals surface area contributed by atoms with E-state index in [2.05, 4.69) is 65.1 Å². The zero-order chi connectivity index (χ0) is 34.4. The molecule has 0 bridgehead atoms. The lowest BCUT2D eigenvalue weighted by atomic mass is 9.47. The molecule has 0 radical (unpaired) electrons. The van der Waals surface area contributed by atoms with Crippen LogP contribution >= 0.6 is 0 Å². The molecule has 4 rings (SSSR count). The normalized spacial score (nSPS) is 32.3. The first kappa shape index (κ1) is 40.4. The van der Waals surface area contributed by atoms with E-state index in [1.54, 1.807) is 5.57 Å². The van der Waals surface area contributed by atoms with Crippen molar-refractivity contribution in [2.75, 3.05) is 13.1 Å². The van der Waals surface area contributed by atoms with Crippen LogP contribution in [0.4, 0.5) is 0 Å². The van der Waals surface area contributed by atoms with Gasteiger partial charge in [-0.2, -0.15) is 0 Å². The monoisotopic (exact) mass is 669 g/mol. The van der Waals surface area contributed by atoms with E-state index in [9.17, 15) is 0 Å². The van der Waals surface area contributed by atoms with Crippen LogP contribution in [0.15, 0.2) is 11.6 Å². The van der Waals surface area contributed by atoms with Crippen LogP contribution in [0, 0.1) is 46.3 Å². The molecule has 3 fully saturated rings. The average molecular weight is 669 g/mol. The summed E-state index contributed by atoms with van der Waals surface area (Å²) in [5, 5.41) is 2.19. The summed E-state index contributed by atoms with van der Waals surface area (Å²) >= 11 is 0. The number of nitrogens with one attached hydrogen (secondary N) is 1. The fourth-order valence-corrected chi connectivity index (χ4v) is 11.6. The van der Waals surface area contributed by atoms with Gasteiger partial charge in [-0.3, -0.25) is 4.84 Å². The smallest absolute Gasteiger partial charge is 0.0847 e. The Morgan fingerprint density at radius 1 is 0.750 bits per heavy atom. The Morgan fingerprint density at radius 2 is 1.42 bits per heavy atom. The summed E-state index contributed by atoms with van der Waals surface area (Å²) in [5.41, 5.74) is 6.50. The number of hydrazine groups is 1. The standard InChI is InChI=1S/C45H84N2O/c1-8-10-12-14-15-16-17-18-19-20-33-46-47(34-21-13-11-9-2)48-39-29-31-44(6)38(35-39)25-26-40-42-28-27-41(37(5)24-22-23-36(3)4)45(42,7)32-30-43(40)44/h25,36-37,39-43,46H,8-24,26-35H2,1-7H3/t37-,39+,40+,41-,42+,43+,44+,45-/m1/s1. The highest BCUT2D eigenvalue weighted by Gasteiger charge is 2.59. The van der Waals surface area contributed by atoms with Gasteiger partial charge in [0.25, 0.3) is 0 Å². The van der Waals surface area contributed by atoms with Crippen molar-refractivity contribution < 1.29 is 4.84 Å². The molecule has 0 spiro atoms. The highest BCUT2D eigenvalue weighted by Crippen LogP contribution is 2.67. The van der Waals surface area contributed by atoms with Crippen molar-refractivity contribution in [1.29, 1.82) is 0 Å². The molecule has 280 valence electrons. The maximum Gasteiger partial charge on any atom is 0.0847 e. The number of rotatable bonds is 24. The summed E-state index contributed by atoms with van der Waals surface area (Å²) in [6.45, 7) is 19.5. The van der Waals surface area contributed by atoms with E-state index in [1.165, 1.54) is 154 Å². The van der Waals surface area contributed by atoms with Crippen molar-refractivity contribution in [2.24, 2.45) is 46.3 Å². The lowest BCUT2D eigenvalue weighted by Crippen LogP contribution is -2.51. The number of unbranched alkanes of at least 4 members (excludes halogenated alkanes) is 12. The zero-order valence-electron chi connectivity index (χ0n) is 33.6. The van der Waals surface area contributed by atoms with Crippen LogP contribution in [-0.4, -0.2) is 24.4 Å². The molecule has 8 atom stereocenters. The molecule has 3 heteroatoms. The summed E-state index contributed by atoms with van der Waals surface area (Å²) < 4.78 is 0. The Balaban J connectivity index is 1.26. The summed E-state index contributed by atoms with van der Waals surface area (Å²) in [4.78, 5) is 6.85. The van der Waals surface area contributed by atoms with Crippen molar-refractivity contribution in [2.45, 2.75) is 215 Å². The molecule has 0 amide bonds. The minimum atomic E-state index is 0.337. The topological polar surface area (TPSA) is 24.5 Å². The number of hydroxylamine groups is 1. The number of hydrogen-bond acceptors (Lipinski definition) is 3. The van der Waals surface area contributed by atoms with Crippen LogP contribution in [0.3, 0.4) is 0 Å². The van der Waals surface area contributed by atoms with Crippen molar-refractivity contribution in [3.8, 4) is 0 Å². The lowest BCUT2D eigenvalue weighted by Gasteiger charge is -2.58. The maximum absolute atomic E-state index is 6.85. The molecule has 0 aromatic heterocycles. The molecule has 4 aliphatic rings. The first-order valence-corrected chi connectivity index (χ1v) is 22.1. The van der Waals surface area contributed by atoms with Crippen molar-refractivity contribution in [3.05, 3.63) is 11.6 Å². The van der Waals surface area contributed by atoms with E-state index in [0.717, 1.165) is 55.0 Å². The molecule has 0 aromatic rings. The fourth-order valence-electron chi connectivity index (χ4n) is 11.6. The van der Waals surface area contributed by atoms with Crippen molar-refractivity contribution >= 4 is 0 Å². The van der Waals surface area contributed by atoms with E-state index >= 15 is 0 Å². The molecule has 0 aliphatic heterocycles. The second-order valence-corrected chi connectivity index (χ2v) is 18.5. The Labute approximate surface area is 300 Å². The second-order valence-electron chi connectivity index (χ2n) is 18.5. The average Bonchev–Trinajstić information content (AvgIpc) is 3.42. The third-order valence-corrected chi connectivity index (χ3v) is 14.6. The van der Waals surface area contributed by atoms with E-state index in [1.807, 2.05) is 0 Å². The van der Waals surface area contributed by atoms with E-state index < -0.39 is 0 Å². The molecule has 0 aromatic carbocycles. The van der Waals surface area contributed by atoms with E-state index in [-0.39, 0.29) is 0 Å². The van der Waals surface area contributed by atoms with Crippen molar-refractivity contribution in [1.82, 2.24) is 10.6 Å². The van der Waals surface area contributed by atoms with E-state index in [4.69, 9.17) is 4.84 Å². The van der Waals surface area contributed by atoms with Crippen LogP contribution in [-0.2, 0) is 4.84 Å². The predicted molar refractivity (Wildman–Crippen MR) is 209 cm³/mol. The lowest BCUT2D eigenvalue weighted by molar-refractivity contribution is -0.238. The van der Waals surface area contributed by atoms with Gasteiger partial charge in [0.15, 0.2) is 0 Å². The van der Waals surface area contributed by atoms with Crippen LogP contribution in [0.1, 0.15) is 209 Å². The predicted octanol–water partition coefficient (Wildman–Crippen LogP) is 13.6. The largest absolute Gasteiger partial charge is 0.281 e. The quantitative estimate of drug-likeness (QED) is 0.0629. The molecular formula is C45H84N2O. The Kier molecular flexibility index (Phi) is 17.3. The number of hydrogen-bond donors (Lipinski definition) is 1. The molecule has 48 heavy (non-hydrogen) atoms. The maximum atomic E-state index is 6.85. The first-order valence-electron chi connectivity index (χ1n) is 22.1. The SMILES string of the molecule is CCCCCCCCCCCCNN(CCCCCC)O[C@H]1CC[C@@]2(C)C(=CC[C@H]3[C@@H]4CC[C@H]([C@H](C)CCCC(C)C)[C@@]4(C)CC[C@@H]32)C1. The Morgan fingerprint density at radius 3 is 2.10 bits per heavy atom. The molecule has 3 nitrogen and oxygen atoms in total. The molecule has 3 saturated carbocycles. The summed E-state index contributed by atoms with van der Waals surface area (Å²) in [5.74, 6) is 5.46. The van der Waals surface area contributed by atoms with Gasteiger partial charge in [-0.05, 0) is 111 Å². The number of nitrogens with zero attached hydrogens (tertiary/aromatic N) is 1.